The smallest absolute Gasteiger partial charge is 0.175 e. The summed E-state index contributed by atoms with van der Waals surface area (Å²) in [5, 5.41) is 28.9. The fourth-order valence-corrected chi connectivity index (χ4v) is 11.6. The third-order valence-corrected chi connectivity index (χ3v) is 13.8. The molecule has 0 radical (unpaired) electrons. The van der Waals surface area contributed by atoms with Crippen molar-refractivity contribution in [3.05, 3.63) is 77.6 Å². The topological polar surface area (TPSA) is 88.2 Å². The predicted molar refractivity (Wildman–Crippen MR) is 171 cm³/mol. The Morgan fingerprint density at radius 2 is 1.91 bits per heavy atom. The number of allylic oxidation sites excluding steroid dienone is 1. The van der Waals surface area contributed by atoms with Gasteiger partial charge in [0.1, 0.15) is 5.60 Å². The van der Waals surface area contributed by atoms with Crippen LogP contribution in [-0.4, -0.2) is 48.2 Å². The van der Waals surface area contributed by atoms with Crippen molar-refractivity contribution in [2.24, 2.45) is 28.6 Å². The van der Waals surface area contributed by atoms with E-state index in [1.54, 1.807) is 11.3 Å². The second-order valence-electron chi connectivity index (χ2n) is 13.6. The van der Waals surface area contributed by atoms with E-state index < -0.39 is 17.1 Å². The lowest BCUT2D eigenvalue weighted by molar-refractivity contribution is -0.177. The summed E-state index contributed by atoms with van der Waals surface area (Å²) >= 11 is 3.02. The maximum atomic E-state index is 13.8. The molecule has 4 aromatic rings. The molecule has 8 rings (SSSR count). The van der Waals surface area contributed by atoms with Gasteiger partial charge in [0.2, 0.25) is 0 Å². The summed E-state index contributed by atoms with van der Waals surface area (Å²) in [7, 11) is 0. The Labute approximate surface area is 260 Å². The van der Waals surface area contributed by atoms with Crippen LogP contribution in [0.1, 0.15) is 57.2 Å². The molecular formula is C35H37N3O3S2. The summed E-state index contributed by atoms with van der Waals surface area (Å²) in [6.07, 6.45) is 8.29. The van der Waals surface area contributed by atoms with Crippen LogP contribution in [0.25, 0.3) is 22.0 Å². The Morgan fingerprint density at radius 1 is 1.12 bits per heavy atom. The minimum Gasteiger partial charge on any atom is -0.393 e. The second-order valence-corrected chi connectivity index (χ2v) is 15.9. The average Bonchev–Trinajstić information content (AvgIpc) is 3.68. The van der Waals surface area contributed by atoms with E-state index in [1.807, 2.05) is 53.3 Å². The SMILES string of the molecule is C[C@]12Cc3cnn(-c4ccccc4)c3C=C1CC[C@@H]1[C@@H]2[C@@H](O)C[C@@]2(C)[C@H]1CC[C@]2(O)C(=O)CSc1nc2ccccc2s1. The monoisotopic (exact) mass is 611 g/mol. The van der Waals surface area contributed by atoms with Gasteiger partial charge in [0, 0.05) is 5.41 Å². The molecule has 0 saturated heterocycles. The van der Waals surface area contributed by atoms with E-state index in [4.69, 9.17) is 5.10 Å². The molecule has 4 aliphatic rings. The Balaban J connectivity index is 1.05. The highest BCUT2D eigenvalue weighted by Gasteiger charge is 2.68. The lowest BCUT2D eigenvalue weighted by atomic mass is 9.45. The van der Waals surface area contributed by atoms with E-state index in [0.717, 1.165) is 51.6 Å². The van der Waals surface area contributed by atoms with Crippen LogP contribution < -0.4 is 0 Å². The van der Waals surface area contributed by atoms with Crippen molar-refractivity contribution in [3.8, 4) is 5.69 Å². The Hall–Kier alpha value is -2.78. The molecular weight excluding hydrogens is 575 g/mol. The predicted octanol–water partition coefficient (Wildman–Crippen LogP) is 6.73. The van der Waals surface area contributed by atoms with Gasteiger partial charge in [-0.3, -0.25) is 4.79 Å². The van der Waals surface area contributed by atoms with Crippen molar-refractivity contribution in [2.75, 3.05) is 5.75 Å². The van der Waals surface area contributed by atoms with Crippen LogP contribution in [0.2, 0.25) is 0 Å². The molecule has 0 amide bonds. The number of aliphatic hydroxyl groups excluding tert-OH is 1. The summed E-state index contributed by atoms with van der Waals surface area (Å²) in [6.45, 7) is 4.42. The number of hydrogen-bond acceptors (Lipinski definition) is 7. The largest absolute Gasteiger partial charge is 0.393 e. The zero-order valence-electron chi connectivity index (χ0n) is 24.6. The molecule has 2 aromatic heterocycles. The first-order valence-corrected chi connectivity index (χ1v) is 17.3. The number of aliphatic hydroxyl groups is 2. The molecule has 2 aromatic carbocycles. The molecule has 2 heterocycles. The number of aromatic nitrogens is 3. The molecule has 0 bridgehead atoms. The molecule has 4 aliphatic carbocycles. The summed E-state index contributed by atoms with van der Waals surface area (Å²) in [4.78, 5) is 18.5. The van der Waals surface area contributed by atoms with Gasteiger partial charge < -0.3 is 10.2 Å². The standard InChI is InChI=1S/C35H37N3O3S2/c1-33-17-21-19-36-38(23-8-4-3-5-9-23)27(21)16-22(33)12-13-24-25-14-15-35(41,34(25,2)18-28(39)31(24)33)30(40)20-42-32-37-26-10-6-7-11-29(26)43-32/h3-11,16,19,24-25,28,31,39,41H,12-15,17-18,20H2,1-2H3/t24-,25-,28-,31+,33-,34-,35-/m0/s1. The van der Waals surface area contributed by atoms with Crippen LogP contribution in [0.3, 0.4) is 0 Å². The molecule has 0 aliphatic heterocycles. The number of ketones is 1. The van der Waals surface area contributed by atoms with Crippen LogP contribution in [0.4, 0.5) is 0 Å². The maximum absolute atomic E-state index is 13.8. The number of benzene rings is 2. The highest BCUT2D eigenvalue weighted by molar-refractivity contribution is 8.01. The normalized spacial score (nSPS) is 34.7. The third-order valence-electron chi connectivity index (χ3n) is 11.6. The first-order chi connectivity index (χ1) is 20.7. The lowest BCUT2D eigenvalue weighted by Crippen LogP contribution is -2.62. The fraction of sp³-hybridized carbons (Fsp3) is 0.457. The quantitative estimate of drug-likeness (QED) is 0.244. The first kappa shape index (κ1) is 27.7. The Morgan fingerprint density at radius 3 is 2.72 bits per heavy atom. The molecule has 7 atom stereocenters. The van der Waals surface area contributed by atoms with Crippen LogP contribution in [0.5, 0.6) is 0 Å². The number of thioether (sulfide) groups is 1. The number of thiazole rings is 1. The van der Waals surface area contributed by atoms with Gasteiger partial charge in [-0.05, 0) is 97.6 Å². The highest BCUT2D eigenvalue weighted by Crippen LogP contribution is 2.67. The van der Waals surface area contributed by atoms with Crippen LogP contribution in [0, 0.1) is 28.6 Å². The molecule has 0 spiro atoms. The highest BCUT2D eigenvalue weighted by atomic mass is 32.2. The molecule has 6 nitrogen and oxygen atoms in total. The van der Waals surface area contributed by atoms with Crippen molar-refractivity contribution >= 4 is 45.2 Å². The third kappa shape index (κ3) is 4.02. The van der Waals surface area contributed by atoms with Gasteiger partial charge in [-0.1, -0.05) is 61.5 Å². The number of rotatable bonds is 5. The van der Waals surface area contributed by atoms with Crippen LogP contribution in [0.15, 0.2) is 70.7 Å². The van der Waals surface area contributed by atoms with Gasteiger partial charge in [0.05, 0.1) is 39.7 Å². The minimum atomic E-state index is -1.43. The summed E-state index contributed by atoms with van der Waals surface area (Å²) in [5.74, 6) is 0.634. The van der Waals surface area contributed by atoms with Crippen molar-refractivity contribution in [2.45, 2.75) is 68.4 Å². The van der Waals surface area contributed by atoms with Crippen molar-refractivity contribution in [1.82, 2.24) is 14.8 Å². The van der Waals surface area contributed by atoms with Crippen molar-refractivity contribution < 1.29 is 15.0 Å². The molecule has 3 saturated carbocycles. The molecule has 2 N–H and O–H groups in total. The van der Waals surface area contributed by atoms with Gasteiger partial charge in [0.25, 0.3) is 0 Å². The molecule has 222 valence electrons. The first-order valence-electron chi connectivity index (χ1n) is 15.5. The zero-order valence-corrected chi connectivity index (χ0v) is 26.2. The number of Topliss-reactive ketones (excluding diaryl/α,β-unsaturated/α-hetero) is 1. The number of carbonyl (C=O) groups is 1. The van der Waals surface area contributed by atoms with Gasteiger partial charge >= 0.3 is 0 Å². The number of nitrogens with zero attached hydrogens (tertiary/aromatic N) is 3. The Kier molecular flexibility index (Phi) is 6.36. The van der Waals surface area contributed by atoms with Crippen molar-refractivity contribution in [1.29, 1.82) is 0 Å². The maximum Gasteiger partial charge on any atom is 0.175 e. The van der Waals surface area contributed by atoms with Gasteiger partial charge in [-0.2, -0.15) is 5.10 Å². The number of carbonyl (C=O) groups excluding carboxylic acids is 1. The van der Waals surface area contributed by atoms with E-state index in [2.05, 4.69) is 37.0 Å². The van der Waals surface area contributed by atoms with Gasteiger partial charge in [-0.15, -0.1) is 11.3 Å². The van der Waals surface area contributed by atoms with Gasteiger partial charge in [0.15, 0.2) is 10.1 Å². The Bertz CT molecular complexity index is 1730. The van der Waals surface area contributed by atoms with E-state index in [1.165, 1.54) is 22.9 Å². The summed E-state index contributed by atoms with van der Waals surface area (Å²) in [5.41, 5.74) is 3.53. The second kappa shape index (κ2) is 9.86. The average molecular weight is 612 g/mol. The van der Waals surface area contributed by atoms with E-state index in [9.17, 15) is 15.0 Å². The number of fused-ring (bicyclic) bond motifs is 7. The summed E-state index contributed by atoms with van der Waals surface area (Å²) in [6, 6.07) is 18.3. The van der Waals surface area contributed by atoms with Crippen LogP contribution >= 0.6 is 23.1 Å². The lowest BCUT2D eigenvalue weighted by Gasteiger charge is -2.60. The molecule has 0 unspecified atom stereocenters. The van der Waals surface area contributed by atoms with Crippen molar-refractivity contribution in [3.63, 3.8) is 0 Å². The zero-order chi connectivity index (χ0) is 29.6. The van der Waals surface area contributed by atoms with E-state index >= 15 is 0 Å². The minimum absolute atomic E-state index is 0.0911. The van der Waals surface area contributed by atoms with Crippen LogP contribution in [-0.2, 0) is 11.2 Å². The fourth-order valence-electron chi connectivity index (χ4n) is 9.58. The van der Waals surface area contributed by atoms with E-state index in [0.29, 0.717) is 12.8 Å². The summed E-state index contributed by atoms with van der Waals surface area (Å²) < 4.78 is 4.00. The number of para-hydroxylation sites is 2. The van der Waals surface area contributed by atoms with Gasteiger partial charge in [-0.25, -0.2) is 9.67 Å². The molecule has 43 heavy (non-hydrogen) atoms. The molecule has 8 heteroatoms. The molecule has 3 fully saturated rings. The van der Waals surface area contributed by atoms with E-state index in [-0.39, 0.29) is 34.7 Å². The number of hydrogen-bond donors (Lipinski definition) is 2.